The lowest BCUT2D eigenvalue weighted by molar-refractivity contribution is 0.0584. The number of nitrogens with two attached hydrogens (primary N) is 1. The summed E-state index contributed by atoms with van der Waals surface area (Å²) in [5.41, 5.74) is 7.06. The third-order valence-electron chi connectivity index (χ3n) is 4.30. The van der Waals surface area contributed by atoms with Crippen LogP contribution in [0.4, 0.5) is 5.69 Å². The van der Waals surface area contributed by atoms with E-state index in [1.165, 1.54) is 0 Å². The molecule has 134 valence electrons. The number of nitrogens with one attached hydrogen (secondary N) is 1. The molecular weight excluding hydrogens is 326 g/mol. The minimum Gasteiger partial charge on any atom is -0.334 e. The van der Waals surface area contributed by atoms with Gasteiger partial charge in [-0.2, -0.15) is 0 Å². The first-order chi connectivity index (χ1) is 11.3. The first kappa shape index (κ1) is 18.7. The number of amides is 1. The molecule has 1 heterocycles. The molecule has 0 spiro atoms. The lowest BCUT2D eigenvalue weighted by Gasteiger charge is -2.38. The third kappa shape index (κ3) is 4.70. The van der Waals surface area contributed by atoms with Gasteiger partial charge in [0.2, 0.25) is 10.0 Å². The van der Waals surface area contributed by atoms with Crippen molar-refractivity contribution in [3.05, 3.63) is 29.8 Å². The number of sulfonamides is 1. The number of benzene rings is 1. The normalized spacial score (nSPS) is 19.8. The summed E-state index contributed by atoms with van der Waals surface area (Å²) >= 11 is 0. The Morgan fingerprint density at radius 3 is 2.58 bits per heavy atom. The second-order valence-electron chi connectivity index (χ2n) is 6.42. The Labute approximate surface area is 144 Å². The number of piperidine rings is 1. The molecule has 0 aromatic heterocycles. The van der Waals surface area contributed by atoms with E-state index in [0.717, 1.165) is 25.8 Å². The highest BCUT2D eigenvalue weighted by atomic mass is 32.2. The molecule has 2 unspecified atom stereocenters. The van der Waals surface area contributed by atoms with Gasteiger partial charge in [-0.05, 0) is 56.9 Å². The number of carbonyl (C=O) groups excluding carboxylic acids is 1. The van der Waals surface area contributed by atoms with Gasteiger partial charge in [-0.15, -0.1) is 0 Å². The molecule has 0 aliphatic carbocycles. The molecular formula is C17H27N3O3S. The predicted octanol–water partition coefficient (Wildman–Crippen LogP) is 2.18. The van der Waals surface area contributed by atoms with Crippen LogP contribution in [0.2, 0.25) is 0 Å². The van der Waals surface area contributed by atoms with Crippen LogP contribution in [-0.4, -0.2) is 43.6 Å². The first-order valence-electron chi connectivity index (χ1n) is 8.51. The van der Waals surface area contributed by atoms with E-state index in [-0.39, 0.29) is 23.7 Å². The van der Waals surface area contributed by atoms with Gasteiger partial charge in [0.25, 0.3) is 5.91 Å². The lowest BCUT2D eigenvalue weighted by atomic mass is 9.96. The molecule has 1 aliphatic heterocycles. The lowest BCUT2D eigenvalue weighted by Crippen LogP contribution is -2.51. The summed E-state index contributed by atoms with van der Waals surface area (Å²) in [7, 11) is -3.32. The monoisotopic (exact) mass is 353 g/mol. The Hall–Kier alpha value is -1.60. The summed E-state index contributed by atoms with van der Waals surface area (Å²) in [6.45, 7) is 4.46. The van der Waals surface area contributed by atoms with Crippen molar-refractivity contribution in [1.82, 2.24) is 4.90 Å². The number of hydrogen-bond donors (Lipinski definition) is 2. The topological polar surface area (TPSA) is 92.5 Å². The molecule has 2 rings (SSSR count). The number of nitrogens with zero attached hydrogens (tertiary/aromatic N) is 1. The van der Waals surface area contributed by atoms with Crippen LogP contribution in [0.5, 0.6) is 0 Å². The number of rotatable bonds is 6. The summed E-state index contributed by atoms with van der Waals surface area (Å²) in [5.74, 6) is 0.0392. The van der Waals surface area contributed by atoms with E-state index in [4.69, 9.17) is 5.73 Å². The van der Waals surface area contributed by atoms with E-state index >= 15 is 0 Å². The SMILES string of the molecule is CCCS(=O)(=O)Nc1ccc(C(=O)N2CCCCC2C(C)N)cc1. The van der Waals surface area contributed by atoms with E-state index in [0.29, 0.717) is 17.7 Å². The number of hydrogen-bond acceptors (Lipinski definition) is 4. The summed E-state index contributed by atoms with van der Waals surface area (Å²) in [6.07, 6.45) is 3.57. The number of carbonyl (C=O) groups is 1. The maximum Gasteiger partial charge on any atom is 0.254 e. The summed E-state index contributed by atoms with van der Waals surface area (Å²) in [4.78, 5) is 14.6. The van der Waals surface area contributed by atoms with Crippen molar-refractivity contribution in [2.45, 2.75) is 51.6 Å². The van der Waals surface area contributed by atoms with Gasteiger partial charge in [-0.3, -0.25) is 9.52 Å². The van der Waals surface area contributed by atoms with Crippen molar-refractivity contribution in [2.24, 2.45) is 5.73 Å². The van der Waals surface area contributed by atoms with Gasteiger partial charge in [0.15, 0.2) is 0 Å². The van der Waals surface area contributed by atoms with Gasteiger partial charge in [0, 0.05) is 29.9 Å². The van der Waals surface area contributed by atoms with E-state index in [2.05, 4.69) is 4.72 Å². The molecule has 0 bridgehead atoms. The molecule has 1 fully saturated rings. The van der Waals surface area contributed by atoms with Crippen molar-refractivity contribution < 1.29 is 13.2 Å². The molecule has 7 heteroatoms. The van der Waals surface area contributed by atoms with Crippen LogP contribution < -0.4 is 10.5 Å². The zero-order valence-corrected chi connectivity index (χ0v) is 15.2. The molecule has 1 aliphatic rings. The zero-order chi connectivity index (χ0) is 17.7. The number of anilines is 1. The third-order valence-corrected chi connectivity index (χ3v) is 5.79. The summed E-state index contributed by atoms with van der Waals surface area (Å²) in [5, 5.41) is 0. The second-order valence-corrected chi connectivity index (χ2v) is 8.26. The van der Waals surface area contributed by atoms with Gasteiger partial charge < -0.3 is 10.6 Å². The molecule has 1 saturated heterocycles. The molecule has 1 amide bonds. The Kier molecular flexibility index (Phi) is 6.23. The Morgan fingerprint density at radius 1 is 1.33 bits per heavy atom. The van der Waals surface area contributed by atoms with Crippen LogP contribution in [0.3, 0.4) is 0 Å². The fraction of sp³-hybridized carbons (Fsp3) is 0.588. The Balaban J connectivity index is 2.10. The van der Waals surface area contributed by atoms with Gasteiger partial charge >= 0.3 is 0 Å². The Bertz CT molecular complexity index is 656. The Morgan fingerprint density at radius 2 is 2.00 bits per heavy atom. The fourth-order valence-electron chi connectivity index (χ4n) is 3.10. The molecule has 6 nitrogen and oxygen atoms in total. The number of likely N-dealkylation sites (tertiary alicyclic amines) is 1. The molecule has 1 aromatic rings. The van der Waals surface area contributed by atoms with Gasteiger partial charge in [0.1, 0.15) is 0 Å². The van der Waals surface area contributed by atoms with E-state index in [1.807, 2.05) is 18.7 Å². The van der Waals surface area contributed by atoms with Crippen molar-refractivity contribution in [2.75, 3.05) is 17.0 Å². The van der Waals surface area contributed by atoms with Crippen molar-refractivity contribution in [1.29, 1.82) is 0 Å². The minimum atomic E-state index is -3.32. The predicted molar refractivity (Wildman–Crippen MR) is 96.5 cm³/mol. The van der Waals surface area contributed by atoms with Crippen molar-refractivity contribution in [3.63, 3.8) is 0 Å². The van der Waals surface area contributed by atoms with E-state index in [9.17, 15) is 13.2 Å². The quantitative estimate of drug-likeness (QED) is 0.820. The van der Waals surface area contributed by atoms with E-state index < -0.39 is 10.0 Å². The van der Waals surface area contributed by atoms with Crippen LogP contribution in [0.1, 0.15) is 49.9 Å². The van der Waals surface area contributed by atoms with E-state index in [1.54, 1.807) is 24.3 Å². The van der Waals surface area contributed by atoms with Crippen LogP contribution in [0.25, 0.3) is 0 Å². The van der Waals surface area contributed by atoms with Crippen molar-refractivity contribution >= 4 is 21.6 Å². The molecule has 1 aromatic carbocycles. The van der Waals surface area contributed by atoms with Gasteiger partial charge in [-0.1, -0.05) is 6.92 Å². The van der Waals surface area contributed by atoms with Crippen molar-refractivity contribution in [3.8, 4) is 0 Å². The summed E-state index contributed by atoms with van der Waals surface area (Å²) in [6, 6.07) is 6.59. The van der Waals surface area contributed by atoms with Crippen LogP contribution in [-0.2, 0) is 10.0 Å². The molecule has 24 heavy (non-hydrogen) atoms. The van der Waals surface area contributed by atoms with Crippen LogP contribution in [0.15, 0.2) is 24.3 Å². The standard InChI is InChI=1S/C17H27N3O3S/c1-3-12-24(22,23)19-15-9-7-14(8-10-15)17(21)20-11-5-4-6-16(20)13(2)18/h7-10,13,16,19H,3-6,11-12,18H2,1-2H3. The zero-order valence-electron chi connectivity index (χ0n) is 14.4. The smallest absolute Gasteiger partial charge is 0.254 e. The molecule has 2 atom stereocenters. The maximum atomic E-state index is 12.7. The fourth-order valence-corrected chi connectivity index (χ4v) is 4.24. The second kappa shape index (κ2) is 7.98. The average Bonchev–Trinajstić information content (AvgIpc) is 2.54. The molecule has 0 radical (unpaired) electrons. The van der Waals surface area contributed by atoms with Crippen LogP contribution >= 0.6 is 0 Å². The molecule has 0 saturated carbocycles. The molecule has 3 N–H and O–H groups in total. The average molecular weight is 353 g/mol. The largest absolute Gasteiger partial charge is 0.334 e. The highest BCUT2D eigenvalue weighted by Crippen LogP contribution is 2.22. The highest BCUT2D eigenvalue weighted by molar-refractivity contribution is 7.92. The van der Waals surface area contributed by atoms with Gasteiger partial charge in [-0.25, -0.2) is 8.42 Å². The summed E-state index contributed by atoms with van der Waals surface area (Å²) < 4.78 is 26.1. The maximum absolute atomic E-state index is 12.7. The van der Waals surface area contributed by atoms with Gasteiger partial charge in [0.05, 0.1) is 5.75 Å². The first-order valence-corrected chi connectivity index (χ1v) is 10.2. The van der Waals surface area contributed by atoms with Crippen LogP contribution in [0, 0.1) is 0 Å². The highest BCUT2D eigenvalue weighted by Gasteiger charge is 2.29. The minimum absolute atomic E-state index is 0.0417.